The fourth-order valence-corrected chi connectivity index (χ4v) is 8.44. The maximum absolute atomic E-state index is 13.8. The SMILES string of the molecule is O=C(Nc1cc(F)c(F)c(F)c1)c1ccc(Cl)c(S(=O)(=O)C2C3CCC2CC(O)(C#Cc2ccccn2)C3)c1. The van der Waals surface area contributed by atoms with E-state index in [0.29, 0.717) is 30.7 Å². The zero-order valence-corrected chi connectivity index (χ0v) is 21.9. The Morgan fingerprint density at radius 3 is 2.33 bits per heavy atom. The second-order valence-corrected chi connectivity index (χ2v) is 12.3. The summed E-state index contributed by atoms with van der Waals surface area (Å²) in [6, 6.07) is 10.1. The van der Waals surface area contributed by atoms with Crippen molar-refractivity contribution in [3.8, 4) is 11.8 Å². The molecule has 2 aliphatic carbocycles. The molecule has 0 saturated heterocycles. The number of hydrogen-bond acceptors (Lipinski definition) is 5. The molecule has 2 aliphatic rings. The third-order valence-corrected chi connectivity index (χ3v) is 10.1. The minimum absolute atomic E-state index is 0.0828. The molecule has 202 valence electrons. The first-order valence-electron chi connectivity index (χ1n) is 12.1. The highest BCUT2D eigenvalue weighted by molar-refractivity contribution is 7.92. The number of fused-ring (bicyclic) bond motifs is 2. The quantitative estimate of drug-likeness (QED) is 0.332. The summed E-state index contributed by atoms with van der Waals surface area (Å²) in [6.07, 6.45) is 3.08. The number of carbonyl (C=O) groups is 1. The topological polar surface area (TPSA) is 96.4 Å². The summed E-state index contributed by atoms with van der Waals surface area (Å²) in [6.45, 7) is 0. The second-order valence-electron chi connectivity index (χ2n) is 9.87. The van der Waals surface area contributed by atoms with Gasteiger partial charge in [-0.05, 0) is 73.8 Å². The molecule has 0 radical (unpaired) electrons. The maximum Gasteiger partial charge on any atom is 0.255 e. The molecule has 6 nitrogen and oxygen atoms in total. The van der Waals surface area contributed by atoms with Crippen LogP contribution in [0.3, 0.4) is 0 Å². The summed E-state index contributed by atoms with van der Waals surface area (Å²) in [5, 5.41) is 12.5. The zero-order valence-electron chi connectivity index (χ0n) is 20.3. The normalized spacial score (nSPS) is 24.1. The summed E-state index contributed by atoms with van der Waals surface area (Å²) in [4.78, 5) is 16.6. The Kier molecular flexibility index (Phi) is 7.18. The lowest BCUT2D eigenvalue weighted by Crippen LogP contribution is -2.45. The number of aliphatic hydroxyl groups is 1. The molecule has 2 unspecified atom stereocenters. The predicted molar refractivity (Wildman–Crippen MR) is 138 cm³/mol. The number of nitrogens with zero attached hydrogens (tertiary/aromatic N) is 1. The molecule has 2 atom stereocenters. The lowest BCUT2D eigenvalue weighted by atomic mass is 9.77. The van der Waals surface area contributed by atoms with Crippen molar-refractivity contribution in [2.45, 2.75) is 41.4 Å². The third-order valence-electron chi connectivity index (χ3n) is 7.23. The first-order valence-corrected chi connectivity index (χ1v) is 14.1. The van der Waals surface area contributed by atoms with E-state index < -0.39 is 44.0 Å². The number of aromatic nitrogens is 1. The Balaban J connectivity index is 1.39. The van der Waals surface area contributed by atoms with Crippen LogP contribution in [0.2, 0.25) is 5.02 Å². The molecule has 0 spiro atoms. The van der Waals surface area contributed by atoms with E-state index in [1.165, 1.54) is 12.1 Å². The van der Waals surface area contributed by atoms with Crippen LogP contribution in [0.4, 0.5) is 18.9 Å². The average Bonchev–Trinajstić information content (AvgIpc) is 3.20. The van der Waals surface area contributed by atoms with Crippen LogP contribution in [0.5, 0.6) is 0 Å². The van der Waals surface area contributed by atoms with Gasteiger partial charge in [-0.1, -0.05) is 23.6 Å². The van der Waals surface area contributed by atoms with Gasteiger partial charge >= 0.3 is 0 Å². The van der Waals surface area contributed by atoms with E-state index in [9.17, 15) is 31.5 Å². The molecular weight excluding hydrogens is 553 g/mol. The molecule has 2 saturated carbocycles. The van der Waals surface area contributed by atoms with Crippen LogP contribution in [0.15, 0.2) is 59.6 Å². The highest BCUT2D eigenvalue weighted by atomic mass is 35.5. The Morgan fingerprint density at radius 2 is 1.72 bits per heavy atom. The van der Waals surface area contributed by atoms with Crippen LogP contribution in [0, 0.1) is 41.1 Å². The summed E-state index contributed by atoms with van der Waals surface area (Å²) < 4.78 is 68.0. The van der Waals surface area contributed by atoms with Crippen molar-refractivity contribution in [3.05, 3.63) is 88.5 Å². The molecule has 11 heteroatoms. The van der Waals surface area contributed by atoms with E-state index in [-0.39, 0.29) is 45.8 Å². The van der Waals surface area contributed by atoms with Crippen molar-refractivity contribution in [2.24, 2.45) is 11.8 Å². The molecular formula is C28H22ClF3N2O4S. The third kappa shape index (κ3) is 5.39. The van der Waals surface area contributed by atoms with E-state index in [0.717, 1.165) is 6.07 Å². The molecule has 1 aromatic heterocycles. The molecule has 2 fully saturated rings. The number of anilines is 1. The number of amides is 1. The number of rotatable bonds is 4. The maximum atomic E-state index is 13.8. The lowest BCUT2D eigenvalue weighted by molar-refractivity contribution is 0.0340. The number of halogens is 4. The zero-order chi connectivity index (χ0) is 27.9. The number of pyridine rings is 1. The second kappa shape index (κ2) is 10.3. The summed E-state index contributed by atoms with van der Waals surface area (Å²) in [5.41, 5.74) is -1.32. The smallest absolute Gasteiger partial charge is 0.255 e. The Labute approximate surface area is 228 Å². The van der Waals surface area contributed by atoms with E-state index in [1.54, 1.807) is 24.4 Å². The molecule has 3 aromatic rings. The van der Waals surface area contributed by atoms with Gasteiger partial charge in [0.2, 0.25) is 0 Å². The van der Waals surface area contributed by atoms with Crippen molar-refractivity contribution in [1.29, 1.82) is 0 Å². The van der Waals surface area contributed by atoms with Crippen LogP contribution in [0.1, 0.15) is 41.7 Å². The van der Waals surface area contributed by atoms with Gasteiger partial charge in [-0.15, -0.1) is 0 Å². The predicted octanol–water partition coefficient (Wildman–Crippen LogP) is 5.15. The first kappa shape index (κ1) is 27.2. The largest absolute Gasteiger partial charge is 0.378 e. The fourth-order valence-electron chi connectivity index (χ4n) is 5.59. The fraction of sp³-hybridized carbons (Fsp3) is 0.286. The van der Waals surface area contributed by atoms with Gasteiger partial charge in [-0.2, -0.15) is 0 Å². The van der Waals surface area contributed by atoms with Gasteiger partial charge in [0.25, 0.3) is 5.91 Å². The van der Waals surface area contributed by atoms with Crippen LogP contribution in [0.25, 0.3) is 0 Å². The van der Waals surface area contributed by atoms with Gasteiger partial charge in [-0.3, -0.25) is 4.79 Å². The molecule has 39 heavy (non-hydrogen) atoms. The van der Waals surface area contributed by atoms with Gasteiger partial charge in [0.05, 0.1) is 15.2 Å². The molecule has 0 aliphatic heterocycles. The minimum atomic E-state index is -4.05. The molecule has 5 rings (SSSR count). The van der Waals surface area contributed by atoms with E-state index in [1.807, 2.05) is 0 Å². The van der Waals surface area contributed by atoms with Crippen molar-refractivity contribution >= 4 is 33.0 Å². The van der Waals surface area contributed by atoms with Crippen molar-refractivity contribution in [3.63, 3.8) is 0 Å². The summed E-state index contributed by atoms with van der Waals surface area (Å²) in [5.74, 6) is -0.501. The molecule has 2 bridgehead atoms. The minimum Gasteiger partial charge on any atom is -0.378 e. The van der Waals surface area contributed by atoms with Crippen LogP contribution in [-0.4, -0.2) is 35.3 Å². The molecule has 1 heterocycles. The van der Waals surface area contributed by atoms with Gasteiger partial charge in [0.1, 0.15) is 11.3 Å². The van der Waals surface area contributed by atoms with E-state index >= 15 is 0 Å². The monoisotopic (exact) mass is 574 g/mol. The number of sulfone groups is 1. The molecule has 1 amide bonds. The van der Waals surface area contributed by atoms with Crippen molar-refractivity contribution in [2.75, 3.05) is 5.32 Å². The molecule has 2 aromatic carbocycles. The molecule has 2 N–H and O–H groups in total. The van der Waals surface area contributed by atoms with Gasteiger partial charge < -0.3 is 10.4 Å². The number of hydrogen-bond donors (Lipinski definition) is 2. The average molecular weight is 575 g/mol. The Hall–Kier alpha value is -3.39. The standard InChI is InChI=1S/C28H22ClF3N2O4S/c29-21-7-6-16(27(35)34-20-12-22(30)25(32)23(31)13-20)11-24(21)39(37,38)26-17-4-5-18(26)15-28(36,14-17)9-8-19-3-1-2-10-33-19/h1-3,6-7,10-13,17-18,26,36H,4-5,14-15H2,(H,34,35). The van der Waals surface area contributed by atoms with E-state index in [4.69, 9.17) is 11.6 Å². The number of nitrogens with one attached hydrogen (secondary N) is 1. The van der Waals surface area contributed by atoms with Gasteiger partial charge in [-0.25, -0.2) is 26.6 Å². The highest BCUT2D eigenvalue weighted by Crippen LogP contribution is 2.51. The van der Waals surface area contributed by atoms with Gasteiger partial charge in [0, 0.05) is 29.6 Å². The Morgan fingerprint density at radius 1 is 1.05 bits per heavy atom. The number of benzene rings is 2. The van der Waals surface area contributed by atoms with Gasteiger partial charge in [0.15, 0.2) is 27.3 Å². The van der Waals surface area contributed by atoms with Crippen LogP contribution < -0.4 is 5.32 Å². The van der Waals surface area contributed by atoms with Crippen LogP contribution in [-0.2, 0) is 9.84 Å². The summed E-state index contributed by atoms with van der Waals surface area (Å²) >= 11 is 6.28. The lowest BCUT2D eigenvalue weighted by Gasteiger charge is -2.38. The Bertz CT molecular complexity index is 1590. The summed E-state index contributed by atoms with van der Waals surface area (Å²) in [7, 11) is -4.05. The van der Waals surface area contributed by atoms with Crippen molar-refractivity contribution < 1.29 is 31.5 Å². The first-order chi connectivity index (χ1) is 18.5. The van der Waals surface area contributed by atoms with Crippen LogP contribution >= 0.6 is 11.6 Å². The highest BCUT2D eigenvalue weighted by Gasteiger charge is 2.54. The van der Waals surface area contributed by atoms with E-state index in [2.05, 4.69) is 22.1 Å². The van der Waals surface area contributed by atoms with Crippen molar-refractivity contribution in [1.82, 2.24) is 4.98 Å². The number of carbonyl (C=O) groups excluding carboxylic acids is 1.